The van der Waals surface area contributed by atoms with Gasteiger partial charge in [0.15, 0.2) is 11.5 Å². The third-order valence-corrected chi connectivity index (χ3v) is 3.51. The van der Waals surface area contributed by atoms with Crippen LogP contribution in [0.2, 0.25) is 5.02 Å². The number of hydrogen-bond donors (Lipinski definition) is 1. The van der Waals surface area contributed by atoms with E-state index in [0.717, 1.165) is 28.5 Å². The van der Waals surface area contributed by atoms with Crippen LogP contribution < -0.4 is 14.9 Å². The Bertz CT molecular complexity index is 686. The van der Waals surface area contributed by atoms with Crippen LogP contribution in [0.15, 0.2) is 47.6 Å². The number of fused-ring (bicyclic) bond motifs is 1. The largest absolute Gasteiger partial charge is 0.486 e. The van der Waals surface area contributed by atoms with Crippen molar-refractivity contribution in [3.05, 3.63) is 53.1 Å². The van der Waals surface area contributed by atoms with Crippen molar-refractivity contribution >= 4 is 23.0 Å². The summed E-state index contributed by atoms with van der Waals surface area (Å²) in [4.78, 5) is 0. The molecule has 1 aliphatic rings. The van der Waals surface area contributed by atoms with Gasteiger partial charge in [0.1, 0.15) is 13.2 Å². The number of para-hydroxylation sites is 1. The zero-order valence-electron chi connectivity index (χ0n) is 11.6. The van der Waals surface area contributed by atoms with Crippen LogP contribution in [-0.2, 0) is 0 Å². The molecule has 0 fully saturated rings. The molecule has 0 aromatic heterocycles. The van der Waals surface area contributed by atoms with Crippen molar-refractivity contribution < 1.29 is 9.47 Å². The van der Waals surface area contributed by atoms with Crippen molar-refractivity contribution in [2.24, 2.45) is 5.10 Å². The summed E-state index contributed by atoms with van der Waals surface area (Å²) in [5, 5.41) is 5.00. The van der Waals surface area contributed by atoms with Crippen LogP contribution in [0.1, 0.15) is 12.5 Å². The van der Waals surface area contributed by atoms with Crippen LogP contribution in [-0.4, -0.2) is 18.9 Å². The second-order valence-corrected chi connectivity index (χ2v) is 5.05. The summed E-state index contributed by atoms with van der Waals surface area (Å²) in [5.74, 6) is 1.53. The number of benzene rings is 2. The van der Waals surface area contributed by atoms with E-state index in [-0.39, 0.29) is 0 Å². The maximum absolute atomic E-state index is 6.08. The monoisotopic (exact) mass is 302 g/mol. The lowest BCUT2D eigenvalue weighted by Gasteiger charge is -2.18. The maximum atomic E-state index is 6.08. The first-order valence-electron chi connectivity index (χ1n) is 6.69. The van der Waals surface area contributed by atoms with Gasteiger partial charge in [0.2, 0.25) is 0 Å². The molecular formula is C16H15ClN2O2. The Balaban J connectivity index is 1.80. The molecular weight excluding hydrogens is 288 g/mol. The highest BCUT2D eigenvalue weighted by molar-refractivity contribution is 6.33. The van der Waals surface area contributed by atoms with Gasteiger partial charge in [-0.25, -0.2) is 0 Å². The first-order chi connectivity index (χ1) is 10.2. The summed E-state index contributed by atoms with van der Waals surface area (Å²) in [6.07, 6.45) is 0. The molecule has 0 saturated carbocycles. The lowest BCUT2D eigenvalue weighted by Crippen LogP contribution is -2.15. The number of halogens is 1. The predicted octanol–water partition coefficient (Wildman–Crippen LogP) is 3.95. The lowest BCUT2D eigenvalue weighted by atomic mass is 10.1. The van der Waals surface area contributed by atoms with E-state index in [0.29, 0.717) is 18.2 Å². The van der Waals surface area contributed by atoms with E-state index in [4.69, 9.17) is 21.1 Å². The molecule has 108 valence electrons. The molecule has 1 N–H and O–H groups in total. The molecule has 0 amide bonds. The summed E-state index contributed by atoms with van der Waals surface area (Å²) in [6.45, 7) is 3.09. The third-order valence-electron chi connectivity index (χ3n) is 3.18. The summed E-state index contributed by atoms with van der Waals surface area (Å²) < 4.78 is 11.1. The van der Waals surface area contributed by atoms with Gasteiger partial charge in [0.05, 0.1) is 16.4 Å². The topological polar surface area (TPSA) is 42.9 Å². The van der Waals surface area contributed by atoms with Gasteiger partial charge < -0.3 is 9.47 Å². The number of ether oxygens (including phenoxy) is 2. The minimum absolute atomic E-state index is 0.574. The third kappa shape index (κ3) is 3.11. The van der Waals surface area contributed by atoms with Crippen molar-refractivity contribution in [2.45, 2.75) is 6.92 Å². The predicted molar refractivity (Wildman–Crippen MR) is 84.7 cm³/mol. The van der Waals surface area contributed by atoms with Crippen LogP contribution in [0.5, 0.6) is 11.5 Å². The van der Waals surface area contributed by atoms with Gasteiger partial charge in [-0.1, -0.05) is 23.7 Å². The Morgan fingerprint density at radius 1 is 1.10 bits per heavy atom. The van der Waals surface area contributed by atoms with E-state index in [1.807, 2.05) is 49.4 Å². The smallest absolute Gasteiger partial charge is 0.162 e. The van der Waals surface area contributed by atoms with Crippen LogP contribution >= 0.6 is 11.6 Å². The summed E-state index contributed by atoms with van der Waals surface area (Å²) in [7, 11) is 0. The molecule has 0 bridgehead atoms. The number of nitrogens with zero attached hydrogens (tertiary/aromatic N) is 1. The van der Waals surface area contributed by atoms with Crippen molar-refractivity contribution in [2.75, 3.05) is 18.6 Å². The van der Waals surface area contributed by atoms with E-state index >= 15 is 0 Å². The minimum Gasteiger partial charge on any atom is -0.486 e. The first-order valence-corrected chi connectivity index (χ1v) is 7.07. The fourth-order valence-corrected chi connectivity index (χ4v) is 2.21. The Labute approximate surface area is 128 Å². The molecule has 1 heterocycles. The Morgan fingerprint density at radius 3 is 2.67 bits per heavy atom. The van der Waals surface area contributed by atoms with E-state index < -0.39 is 0 Å². The quantitative estimate of drug-likeness (QED) is 0.689. The van der Waals surface area contributed by atoms with Crippen LogP contribution in [0.3, 0.4) is 0 Å². The van der Waals surface area contributed by atoms with E-state index in [1.54, 1.807) is 0 Å². The second kappa shape index (κ2) is 6.06. The van der Waals surface area contributed by atoms with Crippen molar-refractivity contribution in [3.8, 4) is 11.5 Å². The lowest BCUT2D eigenvalue weighted by molar-refractivity contribution is 0.171. The number of rotatable bonds is 3. The molecule has 3 rings (SSSR count). The van der Waals surface area contributed by atoms with Gasteiger partial charge in [-0.15, -0.1) is 0 Å². The number of hydrazone groups is 1. The molecule has 0 unspecified atom stereocenters. The number of nitrogens with one attached hydrogen (secondary N) is 1. The minimum atomic E-state index is 0.574. The molecule has 0 atom stereocenters. The summed E-state index contributed by atoms with van der Waals surface area (Å²) in [5.41, 5.74) is 5.56. The average Bonchev–Trinajstić information content (AvgIpc) is 2.53. The summed E-state index contributed by atoms with van der Waals surface area (Å²) in [6, 6.07) is 13.3. The van der Waals surface area contributed by atoms with Crippen molar-refractivity contribution in [3.63, 3.8) is 0 Å². The molecule has 0 radical (unpaired) electrons. The molecule has 0 spiro atoms. The number of hydrogen-bond acceptors (Lipinski definition) is 4. The Hall–Kier alpha value is -2.20. The van der Waals surface area contributed by atoms with Gasteiger partial charge in [0, 0.05) is 5.56 Å². The first kappa shape index (κ1) is 13.8. The van der Waals surface area contributed by atoms with Gasteiger partial charge >= 0.3 is 0 Å². The SMILES string of the molecule is C/C(=N\Nc1ccccc1Cl)c1ccc2c(c1)OCCO2. The highest BCUT2D eigenvalue weighted by atomic mass is 35.5. The van der Waals surface area contributed by atoms with E-state index in [2.05, 4.69) is 10.5 Å². The highest BCUT2D eigenvalue weighted by Gasteiger charge is 2.12. The average molecular weight is 303 g/mol. The van der Waals surface area contributed by atoms with E-state index in [9.17, 15) is 0 Å². The van der Waals surface area contributed by atoms with Gasteiger partial charge in [0.25, 0.3) is 0 Å². The normalized spacial score (nSPS) is 13.9. The molecule has 1 aliphatic heterocycles. The van der Waals surface area contributed by atoms with E-state index in [1.165, 1.54) is 0 Å². The Morgan fingerprint density at radius 2 is 1.86 bits per heavy atom. The second-order valence-electron chi connectivity index (χ2n) is 4.65. The van der Waals surface area contributed by atoms with Gasteiger partial charge in [-0.3, -0.25) is 5.43 Å². The van der Waals surface area contributed by atoms with Crippen molar-refractivity contribution in [1.82, 2.24) is 0 Å². The Kier molecular flexibility index (Phi) is 3.97. The van der Waals surface area contributed by atoms with Crippen LogP contribution in [0.4, 0.5) is 5.69 Å². The van der Waals surface area contributed by atoms with Crippen molar-refractivity contribution in [1.29, 1.82) is 0 Å². The molecule has 21 heavy (non-hydrogen) atoms. The zero-order chi connectivity index (χ0) is 14.7. The fourth-order valence-electron chi connectivity index (χ4n) is 2.03. The molecule has 2 aromatic carbocycles. The zero-order valence-corrected chi connectivity index (χ0v) is 12.4. The van der Waals surface area contributed by atoms with Gasteiger partial charge in [-0.2, -0.15) is 5.10 Å². The molecule has 0 saturated heterocycles. The molecule has 0 aliphatic carbocycles. The van der Waals surface area contributed by atoms with Crippen LogP contribution in [0, 0.1) is 0 Å². The standard InChI is InChI=1S/C16H15ClN2O2/c1-11(18-19-14-5-3-2-4-13(14)17)12-6-7-15-16(10-12)21-9-8-20-15/h2-7,10,19H,8-9H2,1H3/b18-11+. The molecule has 2 aromatic rings. The molecule has 5 heteroatoms. The number of anilines is 1. The van der Waals surface area contributed by atoms with Crippen LogP contribution in [0.25, 0.3) is 0 Å². The molecule has 4 nitrogen and oxygen atoms in total. The highest BCUT2D eigenvalue weighted by Crippen LogP contribution is 2.31. The van der Waals surface area contributed by atoms with Gasteiger partial charge in [-0.05, 0) is 37.3 Å². The summed E-state index contributed by atoms with van der Waals surface area (Å²) >= 11 is 6.08. The fraction of sp³-hybridized carbons (Fsp3) is 0.188. The maximum Gasteiger partial charge on any atom is 0.162 e.